The lowest BCUT2D eigenvalue weighted by Crippen LogP contribution is -2.46. The van der Waals surface area contributed by atoms with Crippen molar-refractivity contribution in [2.75, 3.05) is 13.1 Å². The van der Waals surface area contributed by atoms with Crippen LogP contribution in [0.1, 0.15) is 65.6 Å². The number of piperidine rings is 1. The first kappa shape index (κ1) is 27.3. The summed E-state index contributed by atoms with van der Waals surface area (Å²) in [4.78, 5) is 57.7. The number of aromatic amines is 1. The second-order valence-electron chi connectivity index (χ2n) is 11.4. The second kappa shape index (κ2) is 9.61. The zero-order valence-corrected chi connectivity index (χ0v) is 23.8. The number of carbonyl (C=O) groups excluding carboxylic acids is 4. The Hall–Kier alpha value is -4.86. The van der Waals surface area contributed by atoms with Gasteiger partial charge in [-0.25, -0.2) is 0 Å². The topological polar surface area (TPSA) is 149 Å². The summed E-state index contributed by atoms with van der Waals surface area (Å²) in [6, 6.07) is 9.49. The van der Waals surface area contributed by atoms with E-state index >= 15 is 0 Å². The molecule has 4 N–H and O–H groups in total. The molecule has 3 heterocycles. The van der Waals surface area contributed by atoms with Crippen molar-refractivity contribution in [3.63, 3.8) is 0 Å². The largest absolute Gasteiger partial charge is 0.507 e. The standard InChI is InChI=1S/C32H31N3O7/c1-15-27(38)25(17(3)36)29-26(28(15)39)32(4)23(42-29)14-22(37)24(30(32)40)16(2)33-19-9-11-35(12-10-19)31(41)21-13-18-7-5-6-8-20(18)34-21/h5-8,13-14,19,33-34,38-39H,9-12H2,1-4H3/b24-16+/t32-/m0/s1. The fraction of sp³-hybridized carbons (Fsp3) is 0.312. The number of carbonyl (C=O) groups is 4. The Morgan fingerprint density at radius 2 is 1.79 bits per heavy atom. The first-order valence-electron chi connectivity index (χ1n) is 13.9. The molecule has 1 amide bonds. The predicted molar refractivity (Wildman–Crippen MR) is 154 cm³/mol. The predicted octanol–water partition coefficient (Wildman–Crippen LogP) is 3.94. The number of fused-ring (bicyclic) bond motifs is 4. The third-order valence-electron chi connectivity index (χ3n) is 8.72. The van der Waals surface area contributed by atoms with Crippen molar-refractivity contribution in [2.24, 2.45) is 0 Å². The highest BCUT2D eigenvalue weighted by Crippen LogP contribution is 2.57. The van der Waals surface area contributed by atoms with Gasteiger partial charge in [0.1, 0.15) is 39.7 Å². The average Bonchev–Trinajstić information content (AvgIpc) is 3.51. The van der Waals surface area contributed by atoms with Crippen LogP contribution in [0.3, 0.4) is 0 Å². The van der Waals surface area contributed by atoms with Gasteiger partial charge in [0.2, 0.25) is 0 Å². The van der Waals surface area contributed by atoms with E-state index < -0.39 is 28.5 Å². The summed E-state index contributed by atoms with van der Waals surface area (Å²) in [5, 5.41) is 25.8. The third kappa shape index (κ3) is 3.93. The van der Waals surface area contributed by atoms with Crippen molar-refractivity contribution in [1.82, 2.24) is 15.2 Å². The van der Waals surface area contributed by atoms with Crippen LogP contribution in [0.15, 0.2) is 53.4 Å². The number of ether oxygens (including phenoxy) is 1. The van der Waals surface area contributed by atoms with Gasteiger partial charge in [0.15, 0.2) is 17.3 Å². The maximum atomic E-state index is 14.0. The van der Waals surface area contributed by atoms with Crippen LogP contribution in [0.5, 0.6) is 17.2 Å². The summed E-state index contributed by atoms with van der Waals surface area (Å²) in [6.45, 7) is 6.91. The molecule has 1 atom stereocenters. The lowest BCUT2D eigenvalue weighted by atomic mass is 9.70. The van der Waals surface area contributed by atoms with E-state index in [1.807, 2.05) is 30.3 Å². The zero-order chi connectivity index (χ0) is 30.1. The summed E-state index contributed by atoms with van der Waals surface area (Å²) in [5.41, 5.74) is 0.148. The van der Waals surface area contributed by atoms with Crippen LogP contribution >= 0.6 is 0 Å². The van der Waals surface area contributed by atoms with E-state index in [1.54, 1.807) is 18.7 Å². The molecule has 10 nitrogen and oxygen atoms in total. The Bertz CT molecular complexity index is 1760. The smallest absolute Gasteiger partial charge is 0.270 e. The van der Waals surface area contributed by atoms with Gasteiger partial charge in [-0.2, -0.15) is 0 Å². The number of amides is 1. The van der Waals surface area contributed by atoms with E-state index in [0.717, 1.165) is 10.9 Å². The molecule has 0 radical (unpaired) electrons. The van der Waals surface area contributed by atoms with Gasteiger partial charge in [-0.15, -0.1) is 0 Å². The molecule has 3 aromatic rings. The molecule has 0 bridgehead atoms. The van der Waals surface area contributed by atoms with Gasteiger partial charge in [0.25, 0.3) is 5.91 Å². The van der Waals surface area contributed by atoms with E-state index in [2.05, 4.69) is 10.3 Å². The number of hydrogen-bond donors (Lipinski definition) is 4. The lowest BCUT2D eigenvalue weighted by molar-refractivity contribution is -0.123. The molecule has 2 aromatic carbocycles. The summed E-state index contributed by atoms with van der Waals surface area (Å²) >= 11 is 0. The molecule has 10 heteroatoms. The van der Waals surface area contributed by atoms with Crippen LogP contribution in [0, 0.1) is 6.92 Å². The van der Waals surface area contributed by atoms with Crippen molar-refractivity contribution < 1.29 is 34.1 Å². The highest BCUT2D eigenvalue weighted by Gasteiger charge is 2.56. The van der Waals surface area contributed by atoms with Crippen molar-refractivity contribution in [3.05, 3.63) is 75.8 Å². The summed E-state index contributed by atoms with van der Waals surface area (Å²) in [5.74, 6) is -2.61. The number of nitrogens with one attached hydrogen (secondary N) is 2. The zero-order valence-electron chi connectivity index (χ0n) is 23.8. The summed E-state index contributed by atoms with van der Waals surface area (Å²) in [7, 11) is 0. The molecule has 6 rings (SSSR count). The van der Waals surface area contributed by atoms with E-state index in [1.165, 1.54) is 19.9 Å². The van der Waals surface area contributed by atoms with Crippen molar-refractivity contribution in [2.45, 2.75) is 52.0 Å². The van der Waals surface area contributed by atoms with Crippen LogP contribution < -0.4 is 10.1 Å². The molecule has 0 unspecified atom stereocenters. The normalized spacial score (nSPS) is 21.5. The third-order valence-corrected chi connectivity index (χ3v) is 8.72. The number of rotatable bonds is 4. The number of aromatic hydroxyl groups is 2. The van der Waals surface area contributed by atoms with Gasteiger partial charge in [0, 0.05) is 47.4 Å². The first-order chi connectivity index (χ1) is 19.9. The number of Topliss-reactive ketones (excluding diaryl/α,β-unsaturated/α-hetero) is 2. The van der Waals surface area contributed by atoms with Crippen LogP contribution in [0.2, 0.25) is 0 Å². The number of phenolic OH excluding ortho intramolecular Hbond substituents is 2. The molecule has 0 saturated carbocycles. The number of benzene rings is 2. The monoisotopic (exact) mass is 569 g/mol. The van der Waals surface area contributed by atoms with Crippen molar-refractivity contribution in [1.29, 1.82) is 0 Å². The Balaban J connectivity index is 1.24. The Morgan fingerprint density at radius 1 is 1.10 bits per heavy atom. The van der Waals surface area contributed by atoms with Gasteiger partial charge in [-0.1, -0.05) is 18.2 Å². The molecular formula is C32H31N3O7. The first-order valence-corrected chi connectivity index (χ1v) is 13.9. The number of likely N-dealkylation sites (tertiary alicyclic amines) is 1. The van der Waals surface area contributed by atoms with E-state index in [4.69, 9.17) is 4.74 Å². The quantitative estimate of drug-likeness (QED) is 0.210. The van der Waals surface area contributed by atoms with Gasteiger partial charge in [-0.05, 0) is 52.7 Å². The van der Waals surface area contributed by atoms with Crippen molar-refractivity contribution in [3.8, 4) is 17.2 Å². The molecule has 2 aliphatic heterocycles. The van der Waals surface area contributed by atoms with Gasteiger partial charge in [0.05, 0.1) is 11.1 Å². The minimum absolute atomic E-state index is 0.00403. The van der Waals surface area contributed by atoms with Gasteiger partial charge in [-0.3, -0.25) is 19.2 Å². The van der Waals surface area contributed by atoms with E-state index in [-0.39, 0.29) is 51.5 Å². The number of hydrogen-bond acceptors (Lipinski definition) is 8. The highest BCUT2D eigenvalue weighted by molar-refractivity contribution is 6.31. The van der Waals surface area contributed by atoms with Crippen LogP contribution in [-0.4, -0.2) is 62.5 Å². The molecule has 1 saturated heterocycles. The molecule has 0 spiro atoms. The Kier molecular flexibility index (Phi) is 6.25. The maximum Gasteiger partial charge on any atom is 0.270 e. The van der Waals surface area contributed by atoms with Crippen LogP contribution in [0.4, 0.5) is 0 Å². The van der Waals surface area contributed by atoms with Crippen molar-refractivity contribution >= 4 is 34.2 Å². The molecule has 1 fully saturated rings. The minimum atomic E-state index is -1.57. The molecule has 42 heavy (non-hydrogen) atoms. The summed E-state index contributed by atoms with van der Waals surface area (Å²) < 4.78 is 5.83. The van der Waals surface area contributed by atoms with E-state index in [0.29, 0.717) is 37.3 Å². The number of aromatic nitrogens is 1. The van der Waals surface area contributed by atoms with Crippen LogP contribution in [0.25, 0.3) is 10.9 Å². The van der Waals surface area contributed by atoms with Gasteiger partial charge < -0.3 is 30.2 Å². The number of phenols is 2. The fourth-order valence-electron chi connectivity index (χ4n) is 6.33. The summed E-state index contributed by atoms with van der Waals surface area (Å²) in [6.07, 6.45) is 2.44. The molecule has 3 aliphatic rings. The lowest BCUT2D eigenvalue weighted by Gasteiger charge is -2.34. The average molecular weight is 570 g/mol. The van der Waals surface area contributed by atoms with Gasteiger partial charge >= 0.3 is 0 Å². The molecular weight excluding hydrogens is 538 g/mol. The Morgan fingerprint density at radius 3 is 2.45 bits per heavy atom. The van der Waals surface area contributed by atoms with E-state index in [9.17, 15) is 29.4 Å². The number of ketones is 3. The number of para-hydroxylation sites is 1. The second-order valence-corrected chi connectivity index (χ2v) is 11.4. The molecule has 216 valence electrons. The number of allylic oxidation sites excluding steroid dienone is 4. The highest BCUT2D eigenvalue weighted by atomic mass is 16.5. The maximum absolute atomic E-state index is 14.0. The Labute approximate surface area is 241 Å². The molecule has 1 aliphatic carbocycles. The number of nitrogens with zero attached hydrogens (tertiary/aromatic N) is 1. The fourth-order valence-corrected chi connectivity index (χ4v) is 6.33. The minimum Gasteiger partial charge on any atom is -0.507 e. The van der Waals surface area contributed by atoms with Crippen LogP contribution in [-0.2, 0) is 15.0 Å². The SMILES string of the molecule is CC(=O)c1c(O)c(C)c(O)c2c1OC1=CC(=O)/C(=C(/C)NC3CCN(C(=O)c4cc5ccccc5[nH]4)CC3)C(=O)[C@@]12C. The molecule has 1 aromatic heterocycles. The number of H-pyrrole nitrogens is 1.